The van der Waals surface area contributed by atoms with Gasteiger partial charge in [-0.05, 0) is 19.4 Å². The topological polar surface area (TPSA) is 64.3 Å². The van der Waals surface area contributed by atoms with Crippen LogP contribution in [0.25, 0.3) is 0 Å². The van der Waals surface area contributed by atoms with Gasteiger partial charge in [0.15, 0.2) is 0 Å². The summed E-state index contributed by atoms with van der Waals surface area (Å²) >= 11 is 0. The summed E-state index contributed by atoms with van der Waals surface area (Å²) < 4.78 is 5.19. The van der Waals surface area contributed by atoms with Crippen molar-refractivity contribution in [1.29, 1.82) is 0 Å². The first-order valence-electron chi connectivity index (χ1n) is 6.01. The van der Waals surface area contributed by atoms with Crippen LogP contribution in [0.1, 0.15) is 17.8 Å². The van der Waals surface area contributed by atoms with E-state index in [0.29, 0.717) is 12.5 Å². The smallest absolute Gasteiger partial charge is 0.225 e. The highest BCUT2D eigenvalue weighted by atomic mass is 16.5. The Bertz CT molecular complexity index is 383. The zero-order valence-corrected chi connectivity index (χ0v) is 10.5. The molecule has 2 rings (SSSR count). The predicted molar refractivity (Wildman–Crippen MR) is 66.9 cm³/mol. The van der Waals surface area contributed by atoms with Gasteiger partial charge in [0, 0.05) is 38.4 Å². The molecule has 1 fully saturated rings. The molecule has 0 bridgehead atoms. The third-order valence-corrected chi connectivity index (χ3v) is 3.08. The van der Waals surface area contributed by atoms with Gasteiger partial charge in [-0.2, -0.15) is 0 Å². The summed E-state index contributed by atoms with van der Waals surface area (Å²) in [5.74, 6) is 1.40. The fraction of sp³-hybridized carbons (Fsp3) is 0.667. The van der Waals surface area contributed by atoms with E-state index in [1.165, 1.54) is 0 Å². The molecular formula is C12H20N4O. The highest BCUT2D eigenvalue weighted by Gasteiger charge is 2.24. The molecule has 5 heteroatoms. The summed E-state index contributed by atoms with van der Waals surface area (Å²) in [7, 11) is 1.75. The molecule has 0 radical (unpaired) electrons. The molecule has 2 heterocycles. The fourth-order valence-electron chi connectivity index (χ4n) is 2.25. The molecule has 17 heavy (non-hydrogen) atoms. The Morgan fingerprint density at radius 1 is 1.53 bits per heavy atom. The van der Waals surface area contributed by atoms with Crippen molar-refractivity contribution in [2.75, 3.05) is 31.7 Å². The van der Waals surface area contributed by atoms with Crippen molar-refractivity contribution in [3.63, 3.8) is 0 Å². The lowest BCUT2D eigenvalue weighted by Gasteiger charge is -2.17. The SMILES string of the molecule is COCC1CCN(c2nc(C)cc(CN)n2)C1. The van der Waals surface area contributed by atoms with Crippen molar-refractivity contribution >= 4 is 5.95 Å². The van der Waals surface area contributed by atoms with Crippen LogP contribution in [0.15, 0.2) is 6.07 Å². The lowest BCUT2D eigenvalue weighted by molar-refractivity contribution is 0.161. The average molecular weight is 236 g/mol. The first kappa shape index (κ1) is 12.3. The molecule has 1 atom stereocenters. The Kier molecular flexibility index (Phi) is 3.91. The largest absolute Gasteiger partial charge is 0.384 e. The van der Waals surface area contributed by atoms with E-state index in [1.807, 2.05) is 13.0 Å². The van der Waals surface area contributed by atoms with Crippen LogP contribution in [-0.2, 0) is 11.3 Å². The van der Waals surface area contributed by atoms with Gasteiger partial charge in [-0.1, -0.05) is 0 Å². The Morgan fingerprint density at radius 2 is 2.35 bits per heavy atom. The number of anilines is 1. The lowest BCUT2D eigenvalue weighted by Crippen LogP contribution is -2.24. The normalized spacial score (nSPS) is 19.9. The predicted octanol–water partition coefficient (Wildman–Crippen LogP) is 0.716. The molecule has 1 aromatic heterocycles. The molecule has 0 saturated carbocycles. The molecule has 1 aromatic rings. The minimum absolute atomic E-state index is 0.464. The molecule has 2 N–H and O–H groups in total. The van der Waals surface area contributed by atoms with Gasteiger partial charge in [0.25, 0.3) is 0 Å². The minimum Gasteiger partial charge on any atom is -0.384 e. The summed E-state index contributed by atoms with van der Waals surface area (Å²) in [6, 6.07) is 1.94. The van der Waals surface area contributed by atoms with Gasteiger partial charge in [-0.15, -0.1) is 0 Å². The third-order valence-electron chi connectivity index (χ3n) is 3.08. The van der Waals surface area contributed by atoms with Gasteiger partial charge in [-0.25, -0.2) is 9.97 Å². The standard InChI is InChI=1S/C12H20N4O/c1-9-5-11(6-13)15-12(14-9)16-4-3-10(7-16)8-17-2/h5,10H,3-4,6-8,13H2,1-2H3. The Balaban J connectivity index is 2.10. The number of ether oxygens (including phenoxy) is 1. The van der Waals surface area contributed by atoms with Crippen LogP contribution in [0.4, 0.5) is 5.95 Å². The quantitative estimate of drug-likeness (QED) is 0.834. The van der Waals surface area contributed by atoms with Crippen molar-refractivity contribution in [2.45, 2.75) is 19.9 Å². The summed E-state index contributed by atoms with van der Waals surface area (Å²) in [5.41, 5.74) is 7.52. The summed E-state index contributed by atoms with van der Waals surface area (Å²) in [5, 5.41) is 0. The molecule has 94 valence electrons. The zero-order chi connectivity index (χ0) is 12.3. The highest BCUT2D eigenvalue weighted by Crippen LogP contribution is 2.21. The molecule has 0 aliphatic carbocycles. The van der Waals surface area contributed by atoms with Crippen LogP contribution in [0.5, 0.6) is 0 Å². The summed E-state index contributed by atoms with van der Waals surface area (Å²) in [6.07, 6.45) is 1.14. The van der Waals surface area contributed by atoms with Crippen molar-refractivity contribution in [3.05, 3.63) is 17.5 Å². The average Bonchev–Trinajstić information content (AvgIpc) is 2.77. The van der Waals surface area contributed by atoms with E-state index in [-0.39, 0.29) is 0 Å². The van der Waals surface area contributed by atoms with E-state index in [4.69, 9.17) is 10.5 Å². The van der Waals surface area contributed by atoms with E-state index in [2.05, 4.69) is 14.9 Å². The number of methoxy groups -OCH3 is 1. The molecule has 1 saturated heterocycles. The van der Waals surface area contributed by atoms with E-state index in [9.17, 15) is 0 Å². The second kappa shape index (κ2) is 5.42. The van der Waals surface area contributed by atoms with E-state index >= 15 is 0 Å². The van der Waals surface area contributed by atoms with Crippen LogP contribution in [0, 0.1) is 12.8 Å². The maximum atomic E-state index is 5.63. The van der Waals surface area contributed by atoms with Crippen molar-refractivity contribution < 1.29 is 4.74 Å². The number of nitrogens with two attached hydrogens (primary N) is 1. The fourth-order valence-corrected chi connectivity index (χ4v) is 2.25. The Labute approximate surface area is 102 Å². The number of hydrogen-bond donors (Lipinski definition) is 1. The van der Waals surface area contributed by atoms with Crippen molar-refractivity contribution in [1.82, 2.24) is 9.97 Å². The molecule has 1 unspecified atom stereocenters. The van der Waals surface area contributed by atoms with Crippen molar-refractivity contribution in [3.8, 4) is 0 Å². The number of hydrogen-bond acceptors (Lipinski definition) is 5. The third kappa shape index (κ3) is 2.92. The van der Waals surface area contributed by atoms with Crippen LogP contribution in [0.3, 0.4) is 0 Å². The highest BCUT2D eigenvalue weighted by molar-refractivity contribution is 5.34. The number of rotatable bonds is 4. The number of nitrogens with zero attached hydrogens (tertiary/aromatic N) is 3. The first-order chi connectivity index (χ1) is 8.22. The zero-order valence-electron chi connectivity index (χ0n) is 10.5. The first-order valence-corrected chi connectivity index (χ1v) is 6.01. The Hall–Kier alpha value is -1.20. The molecule has 0 amide bonds. The maximum Gasteiger partial charge on any atom is 0.225 e. The van der Waals surface area contributed by atoms with Gasteiger partial charge in [-0.3, -0.25) is 0 Å². The second-order valence-corrected chi connectivity index (χ2v) is 4.56. The van der Waals surface area contributed by atoms with Gasteiger partial charge in [0.2, 0.25) is 5.95 Å². The molecule has 0 aromatic carbocycles. The molecular weight excluding hydrogens is 216 g/mol. The van der Waals surface area contributed by atoms with E-state index in [0.717, 1.165) is 43.5 Å². The minimum atomic E-state index is 0.464. The summed E-state index contributed by atoms with van der Waals surface area (Å²) in [6.45, 7) is 5.23. The number of aromatic nitrogens is 2. The van der Waals surface area contributed by atoms with Gasteiger partial charge < -0.3 is 15.4 Å². The van der Waals surface area contributed by atoms with Crippen LogP contribution in [-0.4, -0.2) is 36.8 Å². The van der Waals surface area contributed by atoms with Gasteiger partial charge >= 0.3 is 0 Å². The van der Waals surface area contributed by atoms with Crippen molar-refractivity contribution in [2.24, 2.45) is 11.7 Å². The monoisotopic (exact) mass is 236 g/mol. The lowest BCUT2D eigenvalue weighted by atomic mass is 10.1. The Morgan fingerprint density at radius 3 is 3.06 bits per heavy atom. The van der Waals surface area contributed by atoms with Crippen LogP contribution < -0.4 is 10.6 Å². The maximum absolute atomic E-state index is 5.63. The summed E-state index contributed by atoms with van der Waals surface area (Å²) in [4.78, 5) is 11.2. The molecule has 0 spiro atoms. The van der Waals surface area contributed by atoms with E-state index < -0.39 is 0 Å². The van der Waals surface area contributed by atoms with Crippen LogP contribution >= 0.6 is 0 Å². The molecule has 5 nitrogen and oxygen atoms in total. The van der Waals surface area contributed by atoms with Crippen LogP contribution in [0.2, 0.25) is 0 Å². The molecule has 1 aliphatic rings. The number of aryl methyl sites for hydroxylation is 1. The van der Waals surface area contributed by atoms with E-state index in [1.54, 1.807) is 7.11 Å². The second-order valence-electron chi connectivity index (χ2n) is 4.56. The van der Waals surface area contributed by atoms with Gasteiger partial charge in [0.05, 0.1) is 12.3 Å². The van der Waals surface area contributed by atoms with Gasteiger partial charge in [0.1, 0.15) is 0 Å². The molecule has 1 aliphatic heterocycles.